The SMILES string of the molecule is CC(C)C(C)(C)[O-]. The molecule has 0 aliphatic heterocycles. The van der Waals surface area contributed by atoms with Crippen LogP contribution in [0.3, 0.4) is 0 Å². The van der Waals surface area contributed by atoms with Crippen LogP contribution in [0.4, 0.5) is 0 Å². The summed E-state index contributed by atoms with van der Waals surface area (Å²) in [6.45, 7) is 7.29. The average Bonchev–Trinajstić information content (AvgIpc) is 1.31. The van der Waals surface area contributed by atoms with Crippen LogP contribution >= 0.6 is 0 Å². The Bertz CT molecular complexity index is 49.7. The summed E-state index contributed by atoms with van der Waals surface area (Å²) in [5, 5.41) is 10.8. The summed E-state index contributed by atoms with van der Waals surface area (Å²) in [6.07, 6.45) is 0. The second kappa shape index (κ2) is 1.83. The summed E-state index contributed by atoms with van der Waals surface area (Å²) >= 11 is 0. The van der Waals surface area contributed by atoms with Crippen LogP contribution in [0.2, 0.25) is 0 Å². The zero-order valence-corrected chi connectivity index (χ0v) is 5.49. The topological polar surface area (TPSA) is 23.1 Å². The van der Waals surface area contributed by atoms with E-state index in [1.165, 1.54) is 0 Å². The van der Waals surface area contributed by atoms with Gasteiger partial charge in [-0.15, -0.1) is 5.60 Å². The molecular formula is C6H13O-. The van der Waals surface area contributed by atoms with Crippen molar-refractivity contribution in [3.05, 3.63) is 0 Å². The highest BCUT2D eigenvalue weighted by atomic mass is 16.3. The molecule has 0 amide bonds. The van der Waals surface area contributed by atoms with Crippen LogP contribution in [0, 0.1) is 5.92 Å². The normalized spacial score (nSPS) is 12.9. The van der Waals surface area contributed by atoms with E-state index in [2.05, 4.69) is 0 Å². The molecule has 44 valence electrons. The fourth-order valence-corrected chi connectivity index (χ4v) is 0. The third-order valence-corrected chi connectivity index (χ3v) is 1.39. The number of hydrogen-bond acceptors (Lipinski definition) is 1. The van der Waals surface area contributed by atoms with Crippen molar-refractivity contribution in [3.8, 4) is 0 Å². The first-order chi connectivity index (χ1) is 2.94. The highest BCUT2D eigenvalue weighted by molar-refractivity contribution is 4.65. The van der Waals surface area contributed by atoms with Gasteiger partial charge in [0.2, 0.25) is 0 Å². The maximum Gasteiger partial charge on any atom is -0.0573 e. The van der Waals surface area contributed by atoms with Crippen molar-refractivity contribution in [2.24, 2.45) is 5.92 Å². The lowest BCUT2D eigenvalue weighted by Gasteiger charge is -2.36. The van der Waals surface area contributed by atoms with Crippen LogP contribution in [-0.2, 0) is 0 Å². The monoisotopic (exact) mass is 101 g/mol. The van der Waals surface area contributed by atoms with Gasteiger partial charge >= 0.3 is 0 Å². The number of rotatable bonds is 1. The van der Waals surface area contributed by atoms with E-state index in [9.17, 15) is 5.11 Å². The highest BCUT2D eigenvalue weighted by Crippen LogP contribution is 2.09. The van der Waals surface area contributed by atoms with Gasteiger partial charge in [0.1, 0.15) is 0 Å². The maximum atomic E-state index is 10.8. The molecule has 0 aliphatic carbocycles. The summed E-state index contributed by atoms with van der Waals surface area (Å²) in [7, 11) is 0. The third kappa shape index (κ3) is 2.63. The summed E-state index contributed by atoms with van der Waals surface area (Å²) in [4.78, 5) is 0. The van der Waals surface area contributed by atoms with Gasteiger partial charge in [0.25, 0.3) is 0 Å². The lowest BCUT2D eigenvalue weighted by Crippen LogP contribution is -2.41. The van der Waals surface area contributed by atoms with Crippen LogP contribution in [-0.4, -0.2) is 5.60 Å². The van der Waals surface area contributed by atoms with Crippen molar-refractivity contribution in [1.82, 2.24) is 0 Å². The Labute approximate surface area is 45.4 Å². The molecule has 0 rings (SSSR count). The lowest BCUT2D eigenvalue weighted by molar-refractivity contribution is -0.477. The molecule has 0 saturated carbocycles. The Balaban J connectivity index is 3.54. The van der Waals surface area contributed by atoms with Crippen molar-refractivity contribution < 1.29 is 5.11 Å². The van der Waals surface area contributed by atoms with Crippen LogP contribution in [0.1, 0.15) is 27.7 Å². The molecule has 0 aromatic carbocycles. The molecule has 0 spiro atoms. The first-order valence-electron chi connectivity index (χ1n) is 2.65. The first kappa shape index (κ1) is 6.96. The van der Waals surface area contributed by atoms with Gasteiger partial charge in [-0.3, -0.25) is 0 Å². The molecule has 7 heavy (non-hydrogen) atoms. The van der Waals surface area contributed by atoms with Gasteiger partial charge in [-0.05, 0) is 0 Å². The van der Waals surface area contributed by atoms with E-state index in [1.807, 2.05) is 13.8 Å². The first-order valence-corrected chi connectivity index (χ1v) is 2.65. The smallest absolute Gasteiger partial charge is 0.0573 e. The Morgan fingerprint density at radius 3 is 1.43 bits per heavy atom. The van der Waals surface area contributed by atoms with Gasteiger partial charge in [0.05, 0.1) is 0 Å². The largest absolute Gasteiger partial charge is 0.850 e. The van der Waals surface area contributed by atoms with Gasteiger partial charge in [0.15, 0.2) is 0 Å². The summed E-state index contributed by atoms with van der Waals surface area (Å²) < 4.78 is 0. The fourth-order valence-electron chi connectivity index (χ4n) is 0. The van der Waals surface area contributed by atoms with Crippen molar-refractivity contribution >= 4 is 0 Å². The van der Waals surface area contributed by atoms with Gasteiger partial charge in [-0.1, -0.05) is 33.6 Å². The third-order valence-electron chi connectivity index (χ3n) is 1.39. The van der Waals surface area contributed by atoms with E-state index >= 15 is 0 Å². The van der Waals surface area contributed by atoms with Crippen LogP contribution in [0.25, 0.3) is 0 Å². The fraction of sp³-hybridized carbons (Fsp3) is 1.00. The second-order valence-corrected chi connectivity index (χ2v) is 2.76. The molecule has 0 aliphatic rings. The van der Waals surface area contributed by atoms with Crippen molar-refractivity contribution in [2.75, 3.05) is 0 Å². The molecule has 0 unspecified atom stereocenters. The standard InChI is InChI=1S/C6H13O/c1-5(2)6(3,4)7/h5H,1-4H3/q-1. The van der Waals surface area contributed by atoms with Crippen molar-refractivity contribution in [1.29, 1.82) is 0 Å². The Morgan fingerprint density at radius 1 is 1.29 bits per heavy atom. The average molecular weight is 101 g/mol. The maximum absolute atomic E-state index is 10.8. The van der Waals surface area contributed by atoms with E-state index in [0.717, 1.165) is 0 Å². The van der Waals surface area contributed by atoms with Gasteiger partial charge in [-0.2, -0.15) is 0 Å². The van der Waals surface area contributed by atoms with Crippen molar-refractivity contribution in [2.45, 2.75) is 33.3 Å². The predicted octanol–water partition coefficient (Wildman–Crippen LogP) is 0.781. The second-order valence-electron chi connectivity index (χ2n) is 2.76. The lowest BCUT2D eigenvalue weighted by atomic mass is 9.95. The Morgan fingerprint density at radius 2 is 1.43 bits per heavy atom. The molecule has 0 aromatic heterocycles. The van der Waals surface area contributed by atoms with Gasteiger partial charge in [0, 0.05) is 0 Å². The molecule has 1 nitrogen and oxygen atoms in total. The molecule has 1 heteroatoms. The minimum Gasteiger partial charge on any atom is -0.850 e. The molecule has 0 aromatic rings. The summed E-state index contributed by atoms with van der Waals surface area (Å²) in [5.41, 5.74) is -0.750. The van der Waals surface area contributed by atoms with E-state index in [1.54, 1.807) is 13.8 Å². The van der Waals surface area contributed by atoms with Crippen LogP contribution in [0.15, 0.2) is 0 Å². The van der Waals surface area contributed by atoms with Crippen molar-refractivity contribution in [3.63, 3.8) is 0 Å². The quantitative estimate of drug-likeness (QED) is 0.478. The van der Waals surface area contributed by atoms with E-state index < -0.39 is 5.60 Å². The Kier molecular flexibility index (Phi) is 1.82. The molecular weight excluding hydrogens is 88.1 g/mol. The molecule has 0 atom stereocenters. The molecule has 0 fully saturated rings. The molecule has 0 radical (unpaired) electrons. The van der Waals surface area contributed by atoms with E-state index in [-0.39, 0.29) is 5.92 Å². The number of hydrogen-bond donors (Lipinski definition) is 0. The summed E-state index contributed by atoms with van der Waals surface area (Å²) in [5.74, 6) is 0.243. The van der Waals surface area contributed by atoms with E-state index in [0.29, 0.717) is 0 Å². The molecule has 0 saturated heterocycles. The zero-order valence-electron chi connectivity index (χ0n) is 5.49. The summed E-state index contributed by atoms with van der Waals surface area (Å²) in [6, 6.07) is 0. The minimum absolute atomic E-state index is 0.243. The molecule has 0 N–H and O–H groups in total. The van der Waals surface area contributed by atoms with Crippen LogP contribution < -0.4 is 5.11 Å². The van der Waals surface area contributed by atoms with Gasteiger partial charge < -0.3 is 5.11 Å². The van der Waals surface area contributed by atoms with Crippen LogP contribution in [0.5, 0.6) is 0 Å². The Hall–Kier alpha value is -0.0400. The van der Waals surface area contributed by atoms with E-state index in [4.69, 9.17) is 0 Å². The zero-order chi connectivity index (χ0) is 6.08. The molecule has 0 heterocycles. The highest BCUT2D eigenvalue weighted by Gasteiger charge is 2.05. The minimum atomic E-state index is -0.750. The molecule has 0 bridgehead atoms. The van der Waals surface area contributed by atoms with Gasteiger partial charge in [-0.25, -0.2) is 0 Å². The predicted molar refractivity (Wildman–Crippen MR) is 28.9 cm³/mol.